The Hall–Kier alpha value is -1.93. The van der Waals surface area contributed by atoms with Crippen molar-refractivity contribution in [2.24, 2.45) is 0 Å². The normalized spacial score (nSPS) is 11.6. The molecule has 102 valence electrons. The Morgan fingerprint density at radius 2 is 2.21 bits per heavy atom. The van der Waals surface area contributed by atoms with E-state index in [-0.39, 0.29) is 17.3 Å². The molecule has 2 aromatic rings. The first-order valence-corrected chi connectivity index (χ1v) is 7.23. The zero-order chi connectivity index (χ0) is 13.9. The number of nitrogens with two attached hydrogens (primary N) is 1. The molecule has 2 rings (SSSR count). The fourth-order valence-corrected chi connectivity index (χ4v) is 2.65. The Balaban J connectivity index is 2.16. The van der Waals surface area contributed by atoms with Crippen LogP contribution in [-0.4, -0.2) is 23.2 Å². The van der Waals surface area contributed by atoms with Gasteiger partial charge >= 0.3 is 0 Å². The average Bonchev–Trinajstić information content (AvgIpc) is 2.79. The van der Waals surface area contributed by atoms with Crippen molar-refractivity contribution in [1.82, 2.24) is 19.5 Å². The van der Waals surface area contributed by atoms with Gasteiger partial charge in [-0.05, 0) is 19.1 Å². The highest BCUT2D eigenvalue weighted by atomic mass is 32.2. The molecular formula is C11H15N5O2S. The van der Waals surface area contributed by atoms with Crippen molar-refractivity contribution >= 4 is 15.8 Å². The fraction of sp³-hybridized carbons (Fsp3) is 0.273. The van der Waals surface area contributed by atoms with Crippen LogP contribution < -0.4 is 10.5 Å². The van der Waals surface area contributed by atoms with Crippen LogP contribution in [0.5, 0.6) is 0 Å². The lowest BCUT2D eigenvalue weighted by molar-refractivity contribution is 0.580. The van der Waals surface area contributed by atoms with E-state index in [1.54, 1.807) is 24.4 Å². The smallest absolute Gasteiger partial charge is 0.246 e. The molecule has 0 atom stereocenters. The molecule has 0 bridgehead atoms. The van der Waals surface area contributed by atoms with Crippen molar-refractivity contribution in [3.05, 3.63) is 36.3 Å². The molecule has 0 aliphatic carbocycles. The predicted molar refractivity (Wildman–Crippen MR) is 70.6 cm³/mol. The van der Waals surface area contributed by atoms with Gasteiger partial charge in [0.25, 0.3) is 0 Å². The number of nitrogens with zero attached hydrogens (tertiary/aromatic N) is 3. The number of aryl methyl sites for hydroxylation is 1. The Bertz CT molecular complexity index is 651. The number of nitrogen functional groups attached to an aromatic ring is 1. The average molecular weight is 281 g/mol. The van der Waals surface area contributed by atoms with Crippen molar-refractivity contribution in [3.8, 4) is 0 Å². The van der Waals surface area contributed by atoms with Crippen LogP contribution in [-0.2, 0) is 23.1 Å². The van der Waals surface area contributed by atoms with Crippen LogP contribution in [0.3, 0.4) is 0 Å². The van der Waals surface area contributed by atoms with Crippen LogP contribution in [0, 0.1) is 0 Å². The van der Waals surface area contributed by atoms with E-state index in [9.17, 15) is 8.42 Å². The van der Waals surface area contributed by atoms with Gasteiger partial charge in [-0.1, -0.05) is 6.07 Å². The van der Waals surface area contributed by atoms with E-state index in [1.165, 1.54) is 10.9 Å². The minimum absolute atomic E-state index is 0.00900. The summed E-state index contributed by atoms with van der Waals surface area (Å²) >= 11 is 0. The summed E-state index contributed by atoms with van der Waals surface area (Å²) in [7, 11) is -3.68. The molecule has 0 aliphatic heterocycles. The quantitative estimate of drug-likeness (QED) is 0.823. The maximum absolute atomic E-state index is 12.1. The Labute approximate surface area is 111 Å². The van der Waals surface area contributed by atoms with Gasteiger partial charge < -0.3 is 5.73 Å². The number of hydrogen-bond donors (Lipinski definition) is 2. The molecule has 0 aliphatic rings. The second-order valence-electron chi connectivity index (χ2n) is 3.86. The highest BCUT2D eigenvalue weighted by Crippen LogP contribution is 2.17. The first-order valence-electron chi connectivity index (χ1n) is 5.75. The predicted octanol–water partition coefficient (Wildman–Crippen LogP) is 0.359. The molecule has 7 nitrogen and oxygen atoms in total. The van der Waals surface area contributed by atoms with Gasteiger partial charge in [0.1, 0.15) is 10.7 Å². The highest BCUT2D eigenvalue weighted by molar-refractivity contribution is 7.89. The van der Waals surface area contributed by atoms with Crippen LogP contribution in [0.2, 0.25) is 0 Å². The number of pyridine rings is 1. The van der Waals surface area contributed by atoms with Crippen molar-refractivity contribution in [3.63, 3.8) is 0 Å². The second kappa shape index (κ2) is 5.37. The standard InChI is InChI=1S/C11H15N5O2S/c1-2-16-11(12)10(8-14-16)19(17,18)15-7-9-5-3-4-6-13-9/h3-6,8,15H,2,7,12H2,1H3. The molecule has 0 spiro atoms. The zero-order valence-electron chi connectivity index (χ0n) is 10.4. The van der Waals surface area contributed by atoms with Gasteiger partial charge in [0.15, 0.2) is 0 Å². The molecule has 0 unspecified atom stereocenters. The van der Waals surface area contributed by atoms with Crippen LogP contribution in [0.1, 0.15) is 12.6 Å². The molecule has 0 saturated carbocycles. The maximum atomic E-state index is 12.1. The number of rotatable bonds is 5. The lowest BCUT2D eigenvalue weighted by Crippen LogP contribution is -2.24. The van der Waals surface area contributed by atoms with Crippen molar-refractivity contribution in [1.29, 1.82) is 0 Å². The summed E-state index contributed by atoms with van der Waals surface area (Å²) in [6.45, 7) is 2.46. The van der Waals surface area contributed by atoms with Crippen LogP contribution in [0.15, 0.2) is 35.5 Å². The molecule has 2 heterocycles. The van der Waals surface area contributed by atoms with E-state index in [0.717, 1.165) is 0 Å². The van der Waals surface area contributed by atoms with E-state index < -0.39 is 10.0 Å². The Morgan fingerprint density at radius 3 is 2.79 bits per heavy atom. The summed E-state index contributed by atoms with van der Waals surface area (Å²) < 4.78 is 28.0. The second-order valence-corrected chi connectivity index (χ2v) is 5.59. The van der Waals surface area contributed by atoms with Crippen molar-refractivity contribution in [2.45, 2.75) is 24.9 Å². The fourth-order valence-electron chi connectivity index (χ4n) is 1.59. The molecule has 3 N–H and O–H groups in total. The largest absolute Gasteiger partial charge is 0.383 e. The maximum Gasteiger partial charge on any atom is 0.246 e. The summed E-state index contributed by atoms with van der Waals surface area (Å²) in [5.41, 5.74) is 6.37. The Morgan fingerprint density at radius 1 is 1.42 bits per heavy atom. The summed E-state index contributed by atoms with van der Waals surface area (Å²) in [6.07, 6.45) is 2.85. The molecule has 0 radical (unpaired) electrons. The lowest BCUT2D eigenvalue weighted by atomic mass is 10.4. The monoisotopic (exact) mass is 281 g/mol. The minimum atomic E-state index is -3.68. The van der Waals surface area contributed by atoms with Gasteiger partial charge in [-0.25, -0.2) is 17.8 Å². The van der Waals surface area contributed by atoms with Crippen LogP contribution in [0.4, 0.5) is 5.82 Å². The molecule has 8 heteroatoms. The Kier molecular flexibility index (Phi) is 3.82. The van der Waals surface area contributed by atoms with Gasteiger partial charge in [0.05, 0.1) is 18.4 Å². The highest BCUT2D eigenvalue weighted by Gasteiger charge is 2.21. The third-order valence-electron chi connectivity index (χ3n) is 2.60. The number of nitrogens with one attached hydrogen (secondary N) is 1. The van der Waals surface area contributed by atoms with E-state index in [4.69, 9.17) is 5.73 Å². The zero-order valence-corrected chi connectivity index (χ0v) is 11.3. The summed E-state index contributed by atoms with van der Waals surface area (Å²) in [5, 5.41) is 3.91. The third kappa shape index (κ3) is 2.91. The first kappa shape index (κ1) is 13.5. The van der Waals surface area contributed by atoms with E-state index in [0.29, 0.717) is 12.2 Å². The van der Waals surface area contributed by atoms with E-state index in [2.05, 4.69) is 14.8 Å². The molecule has 0 aromatic carbocycles. The van der Waals surface area contributed by atoms with Gasteiger partial charge in [-0.2, -0.15) is 5.10 Å². The SMILES string of the molecule is CCn1ncc(S(=O)(=O)NCc2ccccn2)c1N. The lowest BCUT2D eigenvalue weighted by Gasteiger charge is -2.06. The van der Waals surface area contributed by atoms with Gasteiger partial charge in [-0.3, -0.25) is 4.98 Å². The number of aromatic nitrogens is 3. The molecule has 0 saturated heterocycles. The van der Waals surface area contributed by atoms with Gasteiger partial charge in [0.2, 0.25) is 10.0 Å². The molecule has 19 heavy (non-hydrogen) atoms. The van der Waals surface area contributed by atoms with Gasteiger partial charge in [0, 0.05) is 12.7 Å². The topological polar surface area (TPSA) is 103 Å². The van der Waals surface area contributed by atoms with E-state index in [1.807, 2.05) is 6.92 Å². The number of sulfonamides is 1. The summed E-state index contributed by atoms with van der Waals surface area (Å²) in [6, 6.07) is 5.29. The number of hydrogen-bond acceptors (Lipinski definition) is 5. The van der Waals surface area contributed by atoms with Crippen LogP contribution >= 0.6 is 0 Å². The molecule has 2 aromatic heterocycles. The van der Waals surface area contributed by atoms with Crippen molar-refractivity contribution in [2.75, 3.05) is 5.73 Å². The molecular weight excluding hydrogens is 266 g/mol. The first-order chi connectivity index (χ1) is 9.04. The third-order valence-corrected chi connectivity index (χ3v) is 4.02. The molecule has 0 amide bonds. The summed E-state index contributed by atoms with van der Waals surface area (Å²) in [5.74, 6) is 0.135. The van der Waals surface area contributed by atoms with E-state index >= 15 is 0 Å². The number of anilines is 1. The van der Waals surface area contributed by atoms with Crippen LogP contribution in [0.25, 0.3) is 0 Å². The van der Waals surface area contributed by atoms with Gasteiger partial charge in [-0.15, -0.1) is 0 Å². The summed E-state index contributed by atoms with van der Waals surface area (Å²) in [4.78, 5) is 4.03. The van der Waals surface area contributed by atoms with Crippen molar-refractivity contribution < 1.29 is 8.42 Å². The minimum Gasteiger partial charge on any atom is -0.383 e. The molecule has 0 fully saturated rings.